The van der Waals surface area contributed by atoms with Crippen LogP contribution in [0.1, 0.15) is 33.3 Å². The van der Waals surface area contributed by atoms with Gasteiger partial charge in [-0.2, -0.15) is 0 Å². The Morgan fingerprint density at radius 1 is 1.28 bits per heavy atom. The molecule has 0 bridgehead atoms. The van der Waals surface area contributed by atoms with E-state index in [1.807, 2.05) is 6.92 Å². The Balaban J connectivity index is 0.00000312. The molecule has 0 unspecified atom stereocenters. The molecule has 1 saturated heterocycles. The van der Waals surface area contributed by atoms with Gasteiger partial charge in [0.05, 0.1) is 23.2 Å². The number of amides is 1. The summed E-state index contributed by atoms with van der Waals surface area (Å²) in [5.41, 5.74) is 1.34. The van der Waals surface area contributed by atoms with Gasteiger partial charge in [0, 0.05) is 12.2 Å². The lowest BCUT2D eigenvalue weighted by Crippen LogP contribution is -2.53. The van der Waals surface area contributed by atoms with E-state index in [9.17, 15) is 13.2 Å². The van der Waals surface area contributed by atoms with Crippen LogP contribution in [0.5, 0.6) is 0 Å². The molecule has 0 aromatic heterocycles. The van der Waals surface area contributed by atoms with E-state index in [0.29, 0.717) is 24.4 Å². The maximum absolute atomic E-state index is 12.3. The highest BCUT2D eigenvalue weighted by Gasteiger charge is 2.29. The molecule has 2 rings (SSSR count). The van der Waals surface area contributed by atoms with Crippen molar-refractivity contribution >= 4 is 33.8 Å². The second kappa shape index (κ2) is 8.49. The van der Waals surface area contributed by atoms with Crippen LogP contribution < -0.4 is 10.6 Å². The molecule has 1 aliphatic heterocycles. The van der Waals surface area contributed by atoms with Crippen LogP contribution in [0.2, 0.25) is 0 Å². The van der Waals surface area contributed by atoms with Gasteiger partial charge in [0.1, 0.15) is 6.04 Å². The minimum absolute atomic E-state index is 0. The van der Waals surface area contributed by atoms with Crippen LogP contribution in [0, 0.1) is 0 Å². The summed E-state index contributed by atoms with van der Waals surface area (Å²) in [4.78, 5) is 12.3. The van der Waals surface area contributed by atoms with Gasteiger partial charge in [-0.15, -0.1) is 12.4 Å². The molecule has 1 fully saturated rings. The summed E-state index contributed by atoms with van der Waals surface area (Å²) in [7, 11) is -3.22. The van der Waals surface area contributed by atoms with E-state index in [2.05, 4.69) is 10.6 Å². The number of ether oxygens (including phenoxy) is 1. The third-order valence-electron chi connectivity index (χ3n) is 4.11. The van der Waals surface area contributed by atoms with E-state index >= 15 is 0 Å². The van der Waals surface area contributed by atoms with Crippen LogP contribution in [0.15, 0.2) is 24.3 Å². The maximum Gasteiger partial charge on any atom is 0.244 e. The summed E-state index contributed by atoms with van der Waals surface area (Å²) in [5.74, 6) is -0.169. The molecule has 0 radical (unpaired) electrons. The lowest BCUT2D eigenvalue weighted by Gasteiger charge is -2.29. The molecule has 25 heavy (non-hydrogen) atoms. The Bertz CT molecular complexity index is 684. The predicted octanol–water partition coefficient (Wildman–Crippen LogP) is 2.14. The van der Waals surface area contributed by atoms with Gasteiger partial charge in [0.15, 0.2) is 9.84 Å². The molecular weight excluding hydrogens is 364 g/mol. The number of halogens is 1. The zero-order valence-corrected chi connectivity index (χ0v) is 16.7. The van der Waals surface area contributed by atoms with Crippen LogP contribution in [-0.4, -0.2) is 44.4 Å². The number of anilines is 1. The number of benzene rings is 1. The third-order valence-corrected chi connectivity index (χ3v) is 6.69. The number of carbonyl (C=O) groups excluding carboxylic acids is 1. The Morgan fingerprint density at radius 2 is 1.88 bits per heavy atom. The fraction of sp³-hybridized carbons (Fsp3) is 0.588. The van der Waals surface area contributed by atoms with E-state index in [-0.39, 0.29) is 36.2 Å². The van der Waals surface area contributed by atoms with Gasteiger partial charge >= 0.3 is 0 Å². The molecular formula is C17H27ClN2O4S. The van der Waals surface area contributed by atoms with Crippen molar-refractivity contribution in [1.82, 2.24) is 5.32 Å². The molecule has 1 heterocycles. The van der Waals surface area contributed by atoms with Crippen LogP contribution in [0.4, 0.5) is 5.69 Å². The summed E-state index contributed by atoms with van der Waals surface area (Å²) >= 11 is 0. The van der Waals surface area contributed by atoms with Crippen LogP contribution >= 0.6 is 12.4 Å². The van der Waals surface area contributed by atoms with Crippen molar-refractivity contribution in [3.63, 3.8) is 0 Å². The van der Waals surface area contributed by atoms with Crippen LogP contribution in [0.25, 0.3) is 0 Å². The van der Waals surface area contributed by atoms with Gasteiger partial charge in [0.25, 0.3) is 0 Å². The Labute approximate surface area is 156 Å². The van der Waals surface area contributed by atoms with E-state index in [4.69, 9.17) is 4.74 Å². The SMILES string of the molecule is C[C@H]1OCCN[C@@H]1C(=O)Nc1ccc(CS(=O)(=O)C(C)(C)C)cc1.Cl. The summed E-state index contributed by atoms with van der Waals surface area (Å²) in [6.07, 6.45) is -0.185. The van der Waals surface area contributed by atoms with Crippen molar-refractivity contribution in [2.75, 3.05) is 18.5 Å². The van der Waals surface area contributed by atoms with Gasteiger partial charge in [0.2, 0.25) is 5.91 Å². The van der Waals surface area contributed by atoms with Crippen molar-refractivity contribution in [3.05, 3.63) is 29.8 Å². The van der Waals surface area contributed by atoms with Crippen LogP contribution in [0.3, 0.4) is 0 Å². The smallest absolute Gasteiger partial charge is 0.244 e. The number of hydrogen-bond acceptors (Lipinski definition) is 5. The van der Waals surface area contributed by atoms with Crippen molar-refractivity contribution in [2.45, 2.75) is 50.3 Å². The molecule has 0 spiro atoms. The average Bonchev–Trinajstić information content (AvgIpc) is 2.48. The first-order chi connectivity index (χ1) is 11.1. The summed E-state index contributed by atoms with van der Waals surface area (Å²) in [5, 5.41) is 5.96. The Hall–Kier alpha value is -1.15. The second-order valence-corrected chi connectivity index (χ2v) is 9.81. The van der Waals surface area contributed by atoms with Gasteiger partial charge in [-0.25, -0.2) is 8.42 Å². The number of sulfone groups is 1. The minimum atomic E-state index is -3.22. The lowest BCUT2D eigenvalue weighted by atomic mass is 10.1. The minimum Gasteiger partial charge on any atom is -0.375 e. The highest BCUT2D eigenvalue weighted by atomic mass is 35.5. The molecule has 0 aliphatic carbocycles. The first kappa shape index (κ1) is 21.9. The number of nitrogens with one attached hydrogen (secondary N) is 2. The maximum atomic E-state index is 12.3. The summed E-state index contributed by atoms with van der Waals surface area (Å²) in [6, 6.07) is 6.51. The van der Waals surface area contributed by atoms with Crippen LogP contribution in [-0.2, 0) is 25.1 Å². The zero-order valence-electron chi connectivity index (χ0n) is 15.0. The van der Waals surface area contributed by atoms with Crippen molar-refractivity contribution in [1.29, 1.82) is 0 Å². The molecule has 2 atom stereocenters. The Morgan fingerprint density at radius 3 is 2.40 bits per heavy atom. The molecule has 1 aliphatic rings. The molecule has 2 N–H and O–H groups in total. The van der Waals surface area contributed by atoms with E-state index in [1.165, 1.54) is 0 Å². The number of morpholine rings is 1. The third kappa shape index (κ3) is 5.67. The first-order valence-electron chi connectivity index (χ1n) is 8.07. The van der Waals surface area contributed by atoms with Gasteiger partial charge < -0.3 is 15.4 Å². The monoisotopic (exact) mass is 390 g/mol. The number of carbonyl (C=O) groups is 1. The number of rotatable bonds is 4. The molecule has 8 heteroatoms. The lowest BCUT2D eigenvalue weighted by molar-refractivity contribution is -0.123. The van der Waals surface area contributed by atoms with Gasteiger partial charge in [-0.3, -0.25) is 4.79 Å². The van der Waals surface area contributed by atoms with E-state index in [1.54, 1.807) is 45.0 Å². The summed E-state index contributed by atoms with van der Waals surface area (Å²) < 4.78 is 29.1. The summed E-state index contributed by atoms with van der Waals surface area (Å²) in [6.45, 7) is 8.18. The molecule has 1 aromatic rings. The highest BCUT2D eigenvalue weighted by Crippen LogP contribution is 2.21. The van der Waals surface area contributed by atoms with E-state index < -0.39 is 14.6 Å². The molecule has 142 valence electrons. The normalized spacial score (nSPS) is 21.3. The van der Waals surface area contributed by atoms with Crippen molar-refractivity contribution in [3.8, 4) is 0 Å². The molecule has 0 saturated carbocycles. The molecule has 1 aromatic carbocycles. The topological polar surface area (TPSA) is 84.5 Å². The largest absolute Gasteiger partial charge is 0.375 e. The van der Waals surface area contributed by atoms with Gasteiger partial charge in [-0.1, -0.05) is 12.1 Å². The van der Waals surface area contributed by atoms with E-state index in [0.717, 1.165) is 0 Å². The molecule has 1 amide bonds. The highest BCUT2D eigenvalue weighted by molar-refractivity contribution is 7.91. The first-order valence-corrected chi connectivity index (χ1v) is 9.72. The van der Waals surface area contributed by atoms with Crippen molar-refractivity contribution < 1.29 is 17.9 Å². The predicted molar refractivity (Wildman–Crippen MR) is 102 cm³/mol. The fourth-order valence-corrected chi connectivity index (χ4v) is 3.43. The van der Waals surface area contributed by atoms with Gasteiger partial charge in [-0.05, 0) is 45.4 Å². The number of hydrogen-bond donors (Lipinski definition) is 2. The second-order valence-electron chi connectivity index (χ2n) is 7.07. The standard InChI is InChI=1S/C17H26N2O4S.ClH/c1-12-15(18-9-10-23-12)16(20)19-14-7-5-13(6-8-14)11-24(21,22)17(2,3)4;/h5-8,12,15,18H,9-11H2,1-4H3,(H,19,20);1H/t12-,15+;/m1./s1. The average molecular weight is 391 g/mol. The zero-order chi connectivity index (χ0) is 18.0. The molecule has 6 nitrogen and oxygen atoms in total. The quantitative estimate of drug-likeness (QED) is 0.822. The Kier molecular flexibility index (Phi) is 7.43. The fourth-order valence-electron chi connectivity index (χ4n) is 2.37. The van der Waals surface area contributed by atoms with Crippen molar-refractivity contribution in [2.24, 2.45) is 0 Å².